The molecule has 0 aromatic heterocycles. The summed E-state index contributed by atoms with van der Waals surface area (Å²) in [4.78, 5) is 0. The summed E-state index contributed by atoms with van der Waals surface area (Å²) in [6.07, 6.45) is 23.8. The fraction of sp³-hybridized carbons (Fsp3) is 0.895. The van der Waals surface area contributed by atoms with Gasteiger partial charge in [0.2, 0.25) is 0 Å². The maximum atomic E-state index is 3.35. The van der Waals surface area contributed by atoms with E-state index >= 15 is 0 Å². The van der Waals surface area contributed by atoms with Gasteiger partial charge in [0.1, 0.15) is 0 Å². The minimum absolute atomic E-state index is 0. The molecule has 0 aliphatic heterocycles. The molecule has 114 valence electrons. The van der Waals surface area contributed by atoms with E-state index in [4.69, 9.17) is 0 Å². The van der Waals surface area contributed by atoms with Crippen LogP contribution in [0.3, 0.4) is 0 Å². The van der Waals surface area contributed by atoms with Crippen molar-refractivity contribution in [2.24, 2.45) is 0 Å². The zero-order valence-corrected chi connectivity index (χ0v) is 16.4. The van der Waals surface area contributed by atoms with E-state index in [9.17, 15) is 0 Å². The molecule has 0 spiro atoms. The minimum atomic E-state index is 0. The Labute approximate surface area is 144 Å². The summed E-state index contributed by atoms with van der Waals surface area (Å²) in [5.41, 5.74) is 0. The first-order chi connectivity index (χ1) is 9.50. The molecule has 1 rings (SSSR count). The molecule has 0 N–H and O–H groups in total. The van der Waals surface area contributed by atoms with E-state index in [1.54, 1.807) is 0 Å². The molecule has 0 saturated heterocycles. The average Bonchev–Trinajstić information content (AvgIpc) is 2.43. The molecule has 0 atom stereocenters. The molecule has 0 unspecified atom stereocenters. The molecule has 20 heavy (non-hydrogen) atoms. The van der Waals surface area contributed by atoms with E-state index in [-0.39, 0.29) is 23.9 Å². The molecule has 0 aromatic carbocycles. The van der Waals surface area contributed by atoms with Gasteiger partial charge in [0.15, 0.2) is 0 Å². The third kappa shape index (κ3) is 14.8. The first-order valence-electron chi connectivity index (χ1n) is 8.96. The van der Waals surface area contributed by atoms with Gasteiger partial charge in [0.25, 0.3) is 0 Å². The number of hydrogen-bond donors (Lipinski definition) is 0. The minimum Gasteiger partial charge on any atom is -0.103 e. The second kappa shape index (κ2) is 17.4. The van der Waals surface area contributed by atoms with Crippen LogP contribution in [0.5, 0.6) is 0 Å². The second-order valence-electron chi connectivity index (χ2n) is 6.16. The van der Waals surface area contributed by atoms with Gasteiger partial charge in [-0.3, -0.25) is 0 Å². The van der Waals surface area contributed by atoms with Gasteiger partial charge in [-0.1, -0.05) is 83.5 Å². The van der Waals surface area contributed by atoms with Crippen LogP contribution in [0.25, 0.3) is 0 Å². The Balaban J connectivity index is 0.00000361. The van der Waals surface area contributed by atoms with Crippen molar-refractivity contribution >= 4 is 23.9 Å². The van der Waals surface area contributed by atoms with Crippen LogP contribution in [0, 0.1) is 11.8 Å². The van der Waals surface area contributed by atoms with E-state index in [0.29, 0.717) is 0 Å². The van der Waals surface area contributed by atoms with Crippen molar-refractivity contribution in [2.45, 2.75) is 109 Å². The van der Waals surface area contributed by atoms with Gasteiger partial charge in [-0.25, -0.2) is 0 Å². The molecule has 0 aromatic rings. The fourth-order valence-corrected chi connectivity index (χ4v) is 2.90. The van der Waals surface area contributed by atoms with Crippen LogP contribution in [0.15, 0.2) is 0 Å². The maximum Gasteiger partial charge on any atom is 0.00886 e. The summed E-state index contributed by atoms with van der Waals surface area (Å²) in [7, 11) is 0. The Morgan fingerprint density at radius 3 is 0.750 bits per heavy atom. The largest absolute Gasteiger partial charge is 0.103 e. The van der Waals surface area contributed by atoms with Gasteiger partial charge in [-0.05, 0) is 12.8 Å². The molecule has 0 nitrogen and oxygen atoms in total. The van der Waals surface area contributed by atoms with Crippen molar-refractivity contribution in [2.75, 3.05) is 0 Å². The van der Waals surface area contributed by atoms with Gasteiger partial charge in [0.05, 0.1) is 0 Å². The molecule has 0 amide bonds. The zero-order chi connectivity index (χ0) is 13.4. The van der Waals surface area contributed by atoms with E-state index in [1.807, 2.05) is 0 Å². The molecule has 1 heteroatoms. The van der Waals surface area contributed by atoms with Crippen molar-refractivity contribution in [3.63, 3.8) is 0 Å². The molecular formula is C19H34Sn. The summed E-state index contributed by atoms with van der Waals surface area (Å²) in [6, 6.07) is 0. The van der Waals surface area contributed by atoms with Crippen molar-refractivity contribution in [1.82, 2.24) is 0 Å². The van der Waals surface area contributed by atoms with E-state index in [1.165, 1.54) is 96.3 Å². The Hall–Kier alpha value is 0.359. The topological polar surface area (TPSA) is 0 Å². The summed E-state index contributed by atoms with van der Waals surface area (Å²) in [5.74, 6) is 6.70. The zero-order valence-electron chi connectivity index (χ0n) is 13.5. The summed E-state index contributed by atoms with van der Waals surface area (Å²) < 4.78 is 0. The molecule has 0 fully saturated rings. The van der Waals surface area contributed by atoms with Gasteiger partial charge < -0.3 is 0 Å². The SMILES string of the molecule is C1#CCCCCCCCCCCCCCCCCC1.[Sn]. The Bertz CT molecular complexity index is 214. The molecule has 0 bridgehead atoms. The van der Waals surface area contributed by atoms with Crippen LogP contribution < -0.4 is 0 Å². The van der Waals surface area contributed by atoms with Gasteiger partial charge in [0, 0.05) is 36.7 Å². The first kappa shape index (κ1) is 20.4. The van der Waals surface area contributed by atoms with Crippen LogP contribution in [0.4, 0.5) is 0 Å². The van der Waals surface area contributed by atoms with E-state index in [2.05, 4.69) is 11.8 Å². The van der Waals surface area contributed by atoms with Crippen molar-refractivity contribution in [3.8, 4) is 11.8 Å². The third-order valence-corrected chi connectivity index (χ3v) is 4.23. The van der Waals surface area contributed by atoms with Crippen molar-refractivity contribution in [3.05, 3.63) is 0 Å². The van der Waals surface area contributed by atoms with E-state index < -0.39 is 0 Å². The van der Waals surface area contributed by atoms with Crippen LogP contribution in [-0.2, 0) is 0 Å². The third-order valence-electron chi connectivity index (χ3n) is 4.23. The first-order valence-corrected chi connectivity index (χ1v) is 8.96. The quantitative estimate of drug-likeness (QED) is 0.344. The Kier molecular flexibility index (Phi) is 17.7. The fourth-order valence-electron chi connectivity index (χ4n) is 2.90. The van der Waals surface area contributed by atoms with Crippen LogP contribution in [-0.4, -0.2) is 23.9 Å². The second-order valence-corrected chi connectivity index (χ2v) is 6.16. The predicted octanol–water partition coefficient (Wildman–Crippen LogP) is 6.25. The summed E-state index contributed by atoms with van der Waals surface area (Å²) in [6.45, 7) is 0. The normalized spacial score (nSPS) is 21.2. The monoisotopic (exact) mass is 382 g/mol. The Morgan fingerprint density at radius 2 is 0.500 bits per heavy atom. The number of hydrogen-bond acceptors (Lipinski definition) is 0. The molecular weight excluding hydrogens is 347 g/mol. The van der Waals surface area contributed by atoms with Crippen LogP contribution in [0.2, 0.25) is 0 Å². The maximum absolute atomic E-state index is 3.35. The molecule has 0 saturated carbocycles. The van der Waals surface area contributed by atoms with Crippen LogP contribution >= 0.6 is 0 Å². The van der Waals surface area contributed by atoms with Gasteiger partial charge in [-0.2, -0.15) is 0 Å². The van der Waals surface area contributed by atoms with Gasteiger partial charge in [-0.15, -0.1) is 11.8 Å². The summed E-state index contributed by atoms with van der Waals surface area (Å²) >= 11 is 0. The molecule has 4 radical (unpaired) electrons. The molecule has 1 aliphatic rings. The van der Waals surface area contributed by atoms with Crippen LogP contribution in [0.1, 0.15) is 109 Å². The standard InChI is InChI=1S/C19H34.Sn/c1-2-4-6-8-10-12-14-16-18-19-17-15-13-11-9-7-5-3-1;/h1-17H2;. The molecule has 1 aliphatic carbocycles. The van der Waals surface area contributed by atoms with Crippen molar-refractivity contribution in [1.29, 1.82) is 0 Å². The Morgan fingerprint density at radius 1 is 0.300 bits per heavy atom. The smallest absolute Gasteiger partial charge is 0.00886 e. The molecule has 0 heterocycles. The van der Waals surface area contributed by atoms with Gasteiger partial charge >= 0.3 is 0 Å². The summed E-state index contributed by atoms with van der Waals surface area (Å²) in [5, 5.41) is 0. The number of rotatable bonds is 0. The van der Waals surface area contributed by atoms with E-state index in [0.717, 1.165) is 12.8 Å². The van der Waals surface area contributed by atoms with Crippen molar-refractivity contribution < 1.29 is 0 Å². The predicted molar refractivity (Wildman–Crippen MR) is 92.0 cm³/mol. The average molecular weight is 381 g/mol.